The van der Waals surface area contributed by atoms with Gasteiger partial charge < -0.3 is 4.42 Å². The molecule has 0 aliphatic rings. The molecule has 2 rings (SSSR count). The fraction of sp³-hybridized carbons (Fsp3) is 0.455. The van der Waals surface area contributed by atoms with Gasteiger partial charge in [-0.2, -0.15) is 4.98 Å². The van der Waals surface area contributed by atoms with Gasteiger partial charge in [0.05, 0.1) is 0 Å². The number of fused-ring (bicyclic) bond motifs is 1. The SMILES string of the molecule is CCC(CC)c1nc2ncc(Br)cc2o1. The van der Waals surface area contributed by atoms with Gasteiger partial charge >= 0.3 is 0 Å². The predicted octanol–water partition coefficient (Wildman–Crippen LogP) is 3.89. The quantitative estimate of drug-likeness (QED) is 0.848. The maximum atomic E-state index is 5.69. The van der Waals surface area contributed by atoms with E-state index in [1.54, 1.807) is 6.20 Å². The van der Waals surface area contributed by atoms with Crippen LogP contribution in [0.1, 0.15) is 38.5 Å². The van der Waals surface area contributed by atoms with Crippen LogP contribution in [0.3, 0.4) is 0 Å². The van der Waals surface area contributed by atoms with Crippen molar-refractivity contribution in [2.75, 3.05) is 0 Å². The number of pyridine rings is 1. The van der Waals surface area contributed by atoms with Crippen molar-refractivity contribution >= 4 is 27.2 Å². The summed E-state index contributed by atoms with van der Waals surface area (Å²) in [5, 5.41) is 0. The van der Waals surface area contributed by atoms with E-state index < -0.39 is 0 Å². The van der Waals surface area contributed by atoms with E-state index in [0.717, 1.165) is 28.8 Å². The molecule has 4 heteroatoms. The molecule has 2 heterocycles. The summed E-state index contributed by atoms with van der Waals surface area (Å²) in [5.41, 5.74) is 1.45. The Morgan fingerprint density at radius 3 is 2.80 bits per heavy atom. The Labute approximate surface area is 97.0 Å². The van der Waals surface area contributed by atoms with Crippen LogP contribution in [-0.2, 0) is 0 Å². The van der Waals surface area contributed by atoms with Crippen LogP contribution < -0.4 is 0 Å². The summed E-state index contributed by atoms with van der Waals surface area (Å²) >= 11 is 3.36. The van der Waals surface area contributed by atoms with Crippen LogP contribution in [-0.4, -0.2) is 9.97 Å². The fourth-order valence-electron chi connectivity index (χ4n) is 1.62. The number of oxazole rings is 1. The highest BCUT2D eigenvalue weighted by molar-refractivity contribution is 9.10. The zero-order chi connectivity index (χ0) is 10.8. The van der Waals surface area contributed by atoms with Crippen LogP contribution in [0.25, 0.3) is 11.2 Å². The van der Waals surface area contributed by atoms with Crippen LogP contribution in [0.15, 0.2) is 21.2 Å². The maximum absolute atomic E-state index is 5.69. The van der Waals surface area contributed by atoms with Crippen molar-refractivity contribution in [1.82, 2.24) is 9.97 Å². The summed E-state index contributed by atoms with van der Waals surface area (Å²) in [5.74, 6) is 1.21. The van der Waals surface area contributed by atoms with E-state index in [-0.39, 0.29) is 0 Å². The average molecular weight is 269 g/mol. The Morgan fingerprint density at radius 2 is 2.13 bits per heavy atom. The lowest BCUT2D eigenvalue weighted by atomic mass is 10.0. The van der Waals surface area contributed by atoms with Gasteiger partial charge in [0, 0.05) is 22.7 Å². The first kappa shape index (κ1) is 10.6. The van der Waals surface area contributed by atoms with Crippen molar-refractivity contribution in [2.45, 2.75) is 32.6 Å². The molecule has 0 unspecified atom stereocenters. The van der Waals surface area contributed by atoms with Crippen molar-refractivity contribution in [3.8, 4) is 0 Å². The van der Waals surface area contributed by atoms with Crippen molar-refractivity contribution in [3.63, 3.8) is 0 Å². The molecule has 0 radical (unpaired) electrons. The fourth-order valence-corrected chi connectivity index (χ4v) is 1.94. The molecule has 15 heavy (non-hydrogen) atoms. The van der Waals surface area contributed by atoms with Crippen LogP contribution in [0.5, 0.6) is 0 Å². The summed E-state index contributed by atoms with van der Waals surface area (Å²) in [6, 6.07) is 1.90. The largest absolute Gasteiger partial charge is 0.439 e. The molecule has 0 aromatic carbocycles. The third-order valence-electron chi connectivity index (χ3n) is 2.56. The first-order chi connectivity index (χ1) is 7.24. The Hall–Kier alpha value is -0.900. The molecule has 0 aliphatic carbocycles. The van der Waals surface area contributed by atoms with E-state index in [1.807, 2.05) is 6.07 Å². The first-order valence-corrected chi connectivity index (χ1v) is 5.95. The molecule has 0 amide bonds. The second-order valence-electron chi connectivity index (χ2n) is 3.54. The van der Waals surface area contributed by atoms with E-state index in [2.05, 4.69) is 39.7 Å². The van der Waals surface area contributed by atoms with Gasteiger partial charge in [-0.25, -0.2) is 4.98 Å². The standard InChI is InChI=1S/C11H13BrN2O/c1-3-7(4-2)11-14-10-9(15-11)5-8(12)6-13-10/h5-7H,3-4H2,1-2H3. The molecule has 0 bridgehead atoms. The molecule has 0 saturated carbocycles. The second kappa shape index (κ2) is 4.31. The lowest BCUT2D eigenvalue weighted by molar-refractivity contribution is 0.453. The first-order valence-electron chi connectivity index (χ1n) is 5.16. The van der Waals surface area contributed by atoms with Gasteiger partial charge in [0.1, 0.15) is 0 Å². The maximum Gasteiger partial charge on any atom is 0.200 e. The monoisotopic (exact) mass is 268 g/mol. The van der Waals surface area contributed by atoms with Gasteiger partial charge in [-0.15, -0.1) is 0 Å². The van der Waals surface area contributed by atoms with Crippen molar-refractivity contribution < 1.29 is 4.42 Å². The van der Waals surface area contributed by atoms with E-state index in [1.165, 1.54) is 0 Å². The Morgan fingerprint density at radius 1 is 1.40 bits per heavy atom. The molecular weight excluding hydrogens is 256 g/mol. The highest BCUT2D eigenvalue weighted by atomic mass is 79.9. The third-order valence-corrected chi connectivity index (χ3v) is 3.00. The zero-order valence-electron chi connectivity index (χ0n) is 8.83. The molecule has 0 atom stereocenters. The van der Waals surface area contributed by atoms with Crippen LogP contribution in [0, 0.1) is 0 Å². The predicted molar refractivity (Wildman–Crippen MR) is 62.8 cm³/mol. The minimum atomic E-state index is 0.401. The van der Waals surface area contributed by atoms with Crippen molar-refractivity contribution in [3.05, 3.63) is 22.6 Å². The minimum Gasteiger partial charge on any atom is -0.439 e. The lowest BCUT2D eigenvalue weighted by Crippen LogP contribution is -1.94. The van der Waals surface area contributed by atoms with Gasteiger partial charge in [-0.3, -0.25) is 0 Å². The summed E-state index contributed by atoms with van der Waals surface area (Å²) < 4.78 is 6.61. The number of rotatable bonds is 3. The van der Waals surface area contributed by atoms with Crippen LogP contribution >= 0.6 is 15.9 Å². The molecule has 80 valence electrons. The number of aromatic nitrogens is 2. The Kier molecular flexibility index (Phi) is 3.05. The highest BCUT2D eigenvalue weighted by Gasteiger charge is 2.15. The molecule has 0 fully saturated rings. The van der Waals surface area contributed by atoms with Crippen LogP contribution in [0.4, 0.5) is 0 Å². The molecule has 2 aromatic heterocycles. The number of halogens is 1. The third kappa shape index (κ3) is 2.04. The minimum absolute atomic E-state index is 0.401. The molecule has 0 N–H and O–H groups in total. The van der Waals surface area contributed by atoms with Crippen LogP contribution in [0.2, 0.25) is 0 Å². The van der Waals surface area contributed by atoms with E-state index in [0.29, 0.717) is 11.6 Å². The normalized spacial score (nSPS) is 11.5. The summed E-state index contributed by atoms with van der Waals surface area (Å²) in [4.78, 5) is 8.60. The van der Waals surface area contributed by atoms with E-state index >= 15 is 0 Å². The number of hydrogen-bond acceptors (Lipinski definition) is 3. The van der Waals surface area contributed by atoms with Gasteiger partial charge in [0.15, 0.2) is 17.1 Å². The number of hydrogen-bond donors (Lipinski definition) is 0. The lowest BCUT2D eigenvalue weighted by Gasteiger charge is -2.05. The van der Waals surface area contributed by atoms with Gasteiger partial charge in [-0.05, 0) is 28.8 Å². The molecule has 0 aliphatic heterocycles. The van der Waals surface area contributed by atoms with E-state index in [9.17, 15) is 0 Å². The molecule has 0 saturated heterocycles. The highest BCUT2D eigenvalue weighted by Crippen LogP contribution is 2.26. The smallest absolute Gasteiger partial charge is 0.200 e. The number of nitrogens with zero attached hydrogens (tertiary/aromatic N) is 2. The van der Waals surface area contributed by atoms with Gasteiger partial charge in [-0.1, -0.05) is 13.8 Å². The molecule has 2 aromatic rings. The average Bonchev–Trinajstić information content (AvgIpc) is 2.62. The molecule has 0 spiro atoms. The Bertz CT molecular complexity index is 463. The van der Waals surface area contributed by atoms with Gasteiger partial charge in [0.2, 0.25) is 0 Å². The topological polar surface area (TPSA) is 38.9 Å². The van der Waals surface area contributed by atoms with Crippen molar-refractivity contribution in [2.24, 2.45) is 0 Å². The molecule has 3 nitrogen and oxygen atoms in total. The summed E-state index contributed by atoms with van der Waals surface area (Å²) in [6.45, 7) is 4.29. The second-order valence-corrected chi connectivity index (χ2v) is 4.46. The summed E-state index contributed by atoms with van der Waals surface area (Å²) in [7, 11) is 0. The molecular formula is C11H13BrN2O. The summed E-state index contributed by atoms with van der Waals surface area (Å²) in [6.07, 6.45) is 3.83. The van der Waals surface area contributed by atoms with Crippen molar-refractivity contribution in [1.29, 1.82) is 0 Å². The van der Waals surface area contributed by atoms with Gasteiger partial charge in [0.25, 0.3) is 0 Å². The Balaban J connectivity index is 2.46. The zero-order valence-corrected chi connectivity index (χ0v) is 10.4. The van der Waals surface area contributed by atoms with E-state index in [4.69, 9.17) is 4.42 Å².